The van der Waals surface area contributed by atoms with E-state index in [1.807, 2.05) is 0 Å². The molecule has 2 aromatic carbocycles. The van der Waals surface area contributed by atoms with Crippen molar-refractivity contribution in [3.8, 4) is 11.1 Å². The molecule has 0 saturated carbocycles. The third kappa shape index (κ3) is 2.39. The standard InChI is InChI=1S/C19H21NO/c21-19(12-16-5-3-9-20-16)14-7-8-18-15(11-14)10-13-4-1-2-6-17(13)18/h1-2,4,6-8,11,16,19-21H,3,5,9-10,12H2. The first-order valence-corrected chi connectivity index (χ1v) is 7.94. The van der Waals surface area contributed by atoms with Crippen LogP contribution in [-0.2, 0) is 6.42 Å². The zero-order valence-electron chi connectivity index (χ0n) is 12.2. The molecule has 1 heterocycles. The van der Waals surface area contributed by atoms with Gasteiger partial charge in [-0.3, -0.25) is 0 Å². The number of fused-ring (bicyclic) bond motifs is 3. The van der Waals surface area contributed by atoms with Gasteiger partial charge >= 0.3 is 0 Å². The Morgan fingerprint density at radius 3 is 2.81 bits per heavy atom. The second-order valence-electron chi connectivity index (χ2n) is 6.30. The zero-order valence-corrected chi connectivity index (χ0v) is 12.2. The van der Waals surface area contributed by atoms with Crippen LogP contribution in [0.2, 0.25) is 0 Å². The Kier molecular flexibility index (Phi) is 3.28. The molecule has 2 aromatic rings. The number of rotatable bonds is 3. The van der Waals surface area contributed by atoms with Crippen LogP contribution in [-0.4, -0.2) is 17.7 Å². The van der Waals surface area contributed by atoms with E-state index >= 15 is 0 Å². The number of hydrogen-bond acceptors (Lipinski definition) is 2. The lowest BCUT2D eigenvalue weighted by Gasteiger charge is -2.17. The Labute approximate surface area is 125 Å². The first-order chi connectivity index (χ1) is 10.3. The van der Waals surface area contributed by atoms with E-state index in [1.54, 1.807) is 0 Å². The quantitative estimate of drug-likeness (QED) is 0.770. The van der Waals surface area contributed by atoms with Gasteiger partial charge in [-0.05, 0) is 60.0 Å². The highest BCUT2D eigenvalue weighted by Crippen LogP contribution is 2.38. The van der Waals surface area contributed by atoms with E-state index in [4.69, 9.17) is 0 Å². The van der Waals surface area contributed by atoms with Crippen molar-refractivity contribution < 1.29 is 5.11 Å². The summed E-state index contributed by atoms with van der Waals surface area (Å²) in [6.45, 7) is 1.09. The summed E-state index contributed by atoms with van der Waals surface area (Å²) in [5.74, 6) is 0. The number of benzene rings is 2. The van der Waals surface area contributed by atoms with E-state index in [2.05, 4.69) is 47.8 Å². The van der Waals surface area contributed by atoms with Crippen LogP contribution in [0.5, 0.6) is 0 Å². The van der Waals surface area contributed by atoms with Crippen LogP contribution in [0, 0.1) is 0 Å². The van der Waals surface area contributed by atoms with Crippen molar-refractivity contribution in [3.63, 3.8) is 0 Å². The maximum Gasteiger partial charge on any atom is 0.0805 e. The molecule has 2 N–H and O–H groups in total. The second-order valence-corrected chi connectivity index (χ2v) is 6.30. The van der Waals surface area contributed by atoms with E-state index in [0.717, 1.165) is 24.9 Å². The molecule has 1 aliphatic heterocycles. The lowest BCUT2D eigenvalue weighted by molar-refractivity contribution is 0.154. The minimum Gasteiger partial charge on any atom is -0.388 e. The highest BCUT2D eigenvalue weighted by Gasteiger charge is 2.22. The molecule has 0 amide bonds. The average molecular weight is 279 g/mol. The maximum atomic E-state index is 10.5. The molecule has 0 spiro atoms. The maximum absolute atomic E-state index is 10.5. The summed E-state index contributed by atoms with van der Waals surface area (Å²) >= 11 is 0. The van der Waals surface area contributed by atoms with Gasteiger partial charge in [-0.15, -0.1) is 0 Å². The molecule has 2 unspecified atom stereocenters. The largest absolute Gasteiger partial charge is 0.388 e. The minimum atomic E-state index is -0.352. The summed E-state index contributed by atoms with van der Waals surface area (Å²) in [6, 6.07) is 15.6. The number of hydrogen-bond donors (Lipinski definition) is 2. The molecule has 2 aliphatic rings. The third-order valence-electron chi connectivity index (χ3n) is 4.87. The molecular formula is C19H21NO. The predicted molar refractivity (Wildman–Crippen MR) is 85.3 cm³/mol. The first kappa shape index (κ1) is 13.1. The van der Waals surface area contributed by atoms with Gasteiger partial charge in [0, 0.05) is 6.04 Å². The Bertz CT molecular complexity index is 658. The minimum absolute atomic E-state index is 0.352. The van der Waals surface area contributed by atoms with Gasteiger partial charge in [-0.25, -0.2) is 0 Å². The Morgan fingerprint density at radius 1 is 1.10 bits per heavy atom. The van der Waals surface area contributed by atoms with Crippen LogP contribution in [0.15, 0.2) is 42.5 Å². The van der Waals surface area contributed by atoms with Crippen LogP contribution < -0.4 is 5.32 Å². The van der Waals surface area contributed by atoms with Crippen molar-refractivity contribution in [2.45, 2.75) is 37.8 Å². The van der Waals surface area contributed by atoms with Crippen LogP contribution in [0.1, 0.15) is 42.1 Å². The Hall–Kier alpha value is -1.64. The van der Waals surface area contributed by atoms with E-state index in [0.29, 0.717) is 6.04 Å². The second kappa shape index (κ2) is 5.28. The summed E-state index contributed by atoms with van der Waals surface area (Å²) in [4.78, 5) is 0. The molecule has 1 aliphatic carbocycles. The van der Waals surface area contributed by atoms with Gasteiger partial charge in [0.15, 0.2) is 0 Å². The lowest BCUT2D eigenvalue weighted by Crippen LogP contribution is -2.23. The molecule has 1 saturated heterocycles. The fourth-order valence-electron chi connectivity index (χ4n) is 3.74. The molecule has 108 valence electrons. The third-order valence-corrected chi connectivity index (χ3v) is 4.87. The molecule has 0 aromatic heterocycles. The van der Waals surface area contributed by atoms with Gasteiger partial charge in [0.2, 0.25) is 0 Å². The Balaban J connectivity index is 1.58. The van der Waals surface area contributed by atoms with Crippen molar-refractivity contribution >= 4 is 0 Å². The van der Waals surface area contributed by atoms with Gasteiger partial charge < -0.3 is 10.4 Å². The van der Waals surface area contributed by atoms with Crippen LogP contribution in [0.25, 0.3) is 11.1 Å². The monoisotopic (exact) mass is 279 g/mol. The highest BCUT2D eigenvalue weighted by molar-refractivity contribution is 5.76. The SMILES string of the molecule is OC(CC1CCCN1)c1ccc2c(c1)Cc1ccccc1-2. The van der Waals surface area contributed by atoms with Crippen molar-refractivity contribution in [2.24, 2.45) is 0 Å². The van der Waals surface area contributed by atoms with E-state index in [1.165, 1.54) is 35.1 Å². The molecule has 1 fully saturated rings. The van der Waals surface area contributed by atoms with E-state index in [9.17, 15) is 5.11 Å². The summed E-state index contributed by atoms with van der Waals surface area (Å²) in [5.41, 5.74) is 6.51. The lowest BCUT2D eigenvalue weighted by atomic mass is 9.97. The molecule has 2 atom stereocenters. The van der Waals surface area contributed by atoms with Gasteiger partial charge in [0.05, 0.1) is 6.10 Å². The number of aliphatic hydroxyl groups excluding tert-OH is 1. The summed E-state index contributed by atoms with van der Waals surface area (Å²) in [5, 5.41) is 14.0. The summed E-state index contributed by atoms with van der Waals surface area (Å²) < 4.78 is 0. The molecule has 21 heavy (non-hydrogen) atoms. The van der Waals surface area contributed by atoms with Crippen molar-refractivity contribution in [1.29, 1.82) is 0 Å². The van der Waals surface area contributed by atoms with Gasteiger partial charge in [0.25, 0.3) is 0 Å². The van der Waals surface area contributed by atoms with Crippen LogP contribution >= 0.6 is 0 Å². The average Bonchev–Trinajstić information content (AvgIpc) is 3.13. The smallest absolute Gasteiger partial charge is 0.0805 e. The van der Waals surface area contributed by atoms with E-state index in [-0.39, 0.29) is 6.10 Å². The van der Waals surface area contributed by atoms with Gasteiger partial charge in [0.1, 0.15) is 0 Å². The van der Waals surface area contributed by atoms with Crippen LogP contribution in [0.3, 0.4) is 0 Å². The summed E-state index contributed by atoms with van der Waals surface area (Å²) in [6.07, 6.45) is 3.89. The fourth-order valence-corrected chi connectivity index (χ4v) is 3.74. The van der Waals surface area contributed by atoms with Crippen molar-refractivity contribution in [2.75, 3.05) is 6.54 Å². The first-order valence-electron chi connectivity index (χ1n) is 7.94. The van der Waals surface area contributed by atoms with Crippen LogP contribution in [0.4, 0.5) is 0 Å². The van der Waals surface area contributed by atoms with Crippen molar-refractivity contribution in [3.05, 3.63) is 59.2 Å². The van der Waals surface area contributed by atoms with Gasteiger partial charge in [-0.2, -0.15) is 0 Å². The number of nitrogens with one attached hydrogen (secondary N) is 1. The molecule has 2 heteroatoms. The summed E-state index contributed by atoms with van der Waals surface area (Å²) in [7, 11) is 0. The molecule has 2 nitrogen and oxygen atoms in total. The predicted octanol–water partition coefficient (Wildman–Crippen LogP) is 3.43. The number of aliphatic hydroxyl groups is 1. The van der Waals surface area contributed by atoms with Crippen molar-refractivity contribution in [1.82, 2.24) is 5.32 Å². The zero-order chi connectivity index (χ0) is 14.2. The molecular weight excluding hydrogens is 258 g/mol. The molecule has 4 rings (SSSR count). The molecule has 0 radical (unpaired) electrons. The van der Waals surface area contributed by atoms with Gasteiger partial charge in [-0.1, -0.05) is 42.5 Å². The topological polar surface area (TPSA) is 32.3 Å². The molecule has 0 bridgehead atoms. The van der Waals surface area contributed by atoms with E-state index < -0.39 is 0 Å². The highest BCUT2D eigenvalue weighted by atomic mass is 16.3. The Morgan fingerprint density at radius 2 is 1.95 bits per heavy atom. The fraction of sp³-hybridized carbons (Fsp3) is 0.368. The normalized spacial score (nSPS) is 21.1.